The van der Waals surface area contributed by atoms with Gasteiger partial charge in [0, 0.05) is 24.7 Å². The van der Waals surface area contributed by atoms with E-state index in [1.807, 2.05) is 0 Å². The van der Waals surface area contributed by atoms with Crippen LogP contribution in [0.15, 0.2) is 0 Å². The molecule has 1 aliphatic heterocycles. The normalized spacial score (nSPS) is 26.0. The third kappa shape index (κ3) is 4.96. The van der Waals surface area contributed by atoms with E-state index in [1.54, 1.807) is 0 Å². The fraction of sp³-hybridized carbons (Fsp3) is 1.00. The van der Waals surface area contributed by atoms with E-state index in [4.69, 9.17) is 0 Å². The quantitative estimate of drug-likeness (QED) is 0.659. The number of nitrogens with one attached hydrogen (secondary N) is 1. The lowest BCUT2D eigenvalue weighted by molar-refractivity contribution is 0.0371. The Morgan fingerprint density at radius 2 is 1.81 bits per heavy atom. The summed E-state index contributed by atoms with van der Waals surface area (Å²) in [4.78, 5) is 2.90. The maximum atomic E-state index is 3.88. The number of rotatable bonds is 8. The molecule has 1 aliphatic carbocycles. The number of nitrogens with zero attached hydrogens (tertiary/aromatic N) is 1. The molecule has 1 saturated carbocycles. The molecule has 2 nitrogen and oxygen atoms in total. The van der Waals surface area contributed by atoms with Crippen LogP contribution in [0.5, 0.6) is 0 Å². The van der Waals surface area contributed by atoms with Crippen LogP contribution >= 0.6 is 0 Å². The largest absolute Gasteiger partial charge is 0.311 e. The Kier molecular flexibility index (Phi) is 7.01. The molecule has 0 radical (unpaired) electrons. The van der Waals surface area contributed by atoms with Gasteiger partial charge in [0.1, 0.15) is 0 Å². The van der Waals surface area contributed by atoms with E-state index in [2.05, 4.69) is 31.0 Å². The summed E-state index contributed by atoms with van der Waals surface area (Å²) in [6, 6.07) is 0.729. The van der Waals surface area contributed by atoms with Gasteiger partial charge < -0.3 is 5.32 Å². The minimum atomic E-state index is 0.526. The fourth-order valence-electron chi connectivity index (χ4n) is 4.46. The van der Waals surface area contributed by atoms with Gasteiger partial charge in [-0.05, 0) is 38.1 Å². The van der Waals surface area contributed by atoms with E-state index in [0.717, 1.165) is 12.0 Å². The summed E-state index contributed by atoms with van der Waals surface area (Å²) in [6.45, 7) is 10.9. The van der Waals surface area contributed by atoms with Crippen molar-refractivity contribution in [2.24, 2.45) is 5.92 Å². The van der Waals surface area contributed by atoms with Crippen LogP contribution in [0.25, 0.3) is 0 Å². The molecule has 0 aromatic rings. The summed E-state index contributed by atoms with van der Waals surface area (Å²) in [5.41, 5.74) is 0.526. The Bertz CT molecular complexity index is 281. The fourth-order valence-corrected chi connectivity index (χ4v) is 4.46. The molecule has 124 valence electrons. The second kappa shape index (κ2) is 8.53. The first-order chi connectivity index (χ1) is 10.2. The van der Waals surface area contributed by atoms with Crippen molar-refractivity contribution in [2.45, 2.75) is 96.6 Å². The molecule has 1 heterocycles. The van der Waals surface area contributed by atoms with E-state index < -0.39 is 0 Å². The number of hydrogen-bond acceptors (Lipinski definition) is 2. The van der Waals surface area contributed by atoms with E-state index in [0.29, 0.717) is 5.54 Å². The zero-order valence-electron chi connectivity index (χ0n) is 14.8. The first-order valence-corrected chi connectivity index (χ1v) is 9.65. The average Bonchev–Trinajstić information content (AvgIpc) is 2.91. The second-order valence-electron chi connectivity index (χ2n) is 8.00. The first-order valence-electron chi connectivity index (χ1n) is 9.65. The molecule has 2 fully saturated rings. The molecule has 0 aromatic carbocycles. The average molecular weight is 295 g/mol. The minimum absolute atomic E-state index is 0.526. The minimum Gasteiger partial charge on any atom is -0.311 e. The highest BCUT2D eigenvalue weighted by atomic mass is 15.3. The number of unbranched alkanes of at least 4 members (excludes halogenated alkanes) is 4. The van der Waals surface area contributed by atoms with Gasteiger partial charge in [0.05, 0.1) is 0 Å². The SMILES string of the molecule is CCCCCCCN1CC(CC(C)C)NCC12CCCC2. The van der Waals surface area contributed by atoms with Gasteiger partial charge in [0.15, 0.2) is 0 Å². The van der Waals surface area contributed by atoms with Gasteiger partial charge in [0.2, 0.25) is 0 Å². The van der Waals surface area contributed by atoms with Crippen LogP contribution in [0.1, 0.15) is 85.0 Å². The topological polar surface area (TPSA) is 15.3 Å². The van der Waals surface area contributed by atoms with Crippen LogP contribution in [0.2, 0.25) is 0 Å². The number of hydrogen-bond donors (Lipinski definition) is 1. The molecule has 1 saturated heterocycles. The monoisotopic (exact) mass is 294 g/mol. The third-order valence-electron chi connectivity index (χ3n) is 5.65. The lowest BCUT2D eigenvalue weighted by Crippen LogP contribution is -2.63. The predicted octanol–water partition coefficient (Wildman–Crippen LogP) is 4.59. The molecule has 1 N–H and O–H groups in total. The van der Waals surface area contributed by atoms with Crippen LogP contribution in [0, 0.1) is 5.92 Å². The maximum absolute atomic E-state index is 3.88. The number of piperazine rings is 1. The summed E-state index contributed by atoms with van der Waals surface area (Å²) in [5, 5.41) is 3.88. The smallest absolute Gasteiger partial charge is 0.0334 e. The molecule has 1 atom stereocenters. The van der Waals surface area contributed by atoms with Crippen LogP contribution in [0.3, 0.4) is 0 Å². The van der Waals surface area contributed by atoms with Gasteiger partial charge >= 0.3 is 0 Å². The van der Waals surface area contributed by atoms with Crippen molar-refractivity contribution in [3.05, 3.63) is 0 Å². The molecule has 1 spiro atoms. The molecule has 1 unspecified atom stereocenters. The van der Waals surface area contributed by atoms with Crippen LogP contribution in [-0.2, 0) is 0 Å². The summed E-state index contributed by atoms with van der Waals surface area (Å²) < 4.78 is 0. The van der Waals surface area contributed by atoms with Gasteiger partial charge in [0.25, 0.3) is 0 Å². The van der Waals surface area contributed by atoms with Gasteiger partial charge in [-0.2, -0.15) is 0 Å². The molecule has 2 heteroatoms. The Morgan fingerprint density at radius 1 is 1.10 bits per heavy atom. The molecule has 0 aromatic heterocycles. The Hall–Kier alpha value is -0.0800. The van der Waals surface area contributed by atoms with Gasteiger partial charge in [-0.25, -0.2) is 0 Å². The van der Waals surface area contributed by atoms with Crippen molar-refractivity contribution in [1.82, 2.24) is 10.2 Å². The lowest BCUT2D eigenvalue weighted by Gasteiger charge is -2.49. The molecular formula is C19H38N2. The predicted molar refractivity (Wildman–Crippen MR) is 92.8 cm³/mol. The highest BCUT2D eigenvalue weighted by Crippen LogP contribution is 2.37. The maximum Gasteiger partial charge on any atom is 0.0334 e. The van der Waals surface area contributed by atoms with E-state index in [1.165, 1.54) is 83.8 Å². The molecule has 0 amide bonds. The second-order valence-corrected chi connectivity index (χ2v) is 8.00. The summed E-state index contributed by atoms with van der Waals surface area (Å²) in [5.74, 6) is 0.812. The van der Waals surface area contributed by atoms with Crippen molar-refractivity contribution in [3.8, 4) is 0 Å². The van der Waals surface area contributed by atoms with E-state index >= 15 is 0 Å². The molecule has 2 rings (SSSR count). The molecule has 21 heavy (non-hydrogen) atoms. The lowest BCUT2D eigenvalue weighted by atomic mass is 9.88. The third-order valence-corrected chi connectivity index (χ3v) is 5.65. The highest BCUT2D eigenvalue weighted by Gasteiger charge is 2.42. The van der Waals surface area contributed by atoms with Crippen molar-refractivity contribution in [1.29, 1.82) is 0 Å². The highest BCUT2D eigenvalue weighted by molar-refractivity contribution is 5.01. The zero-order chi connectivity index (χ0) is 15.1. The molecular weight excluding hydrogens is 256 g/mol. The van der Waals surface area contributed by atoms with Crippen molar-refractivity contribution >= 4 is 0 Å². The van der Waals surface area contributed by atoms with Crippen LogP contribution in [0.4, 0.5) is 0 Å². The van der Waals surface area contributed by atoms with Crippen molar-refractivity contribution in [2.75, 3.05) is 19.6 Å². The van der Waals surface area contributed by atoms with Crippen molar-refractivity contribution < 1.29 is 0 Å². The molecule has 2 aliphatic rings. The first kappa shape index (κ1) is 17.3. The van der Waals surface area contributed by atoms with Gasteiger partial charge in [-0.3, -0.25) is 4.90 Å². The zero-order valence-corrected chi connectivity index (χ0v) is 14.8. The molecule has 0 bridgehead atoms. The van der Waals surface area contributed by atoms with Crippen molar-refractivity contribution in [3.63, 3.8) is 0 Å². The Labute approximate surface area is 133 Å². The van der Waals surface area contributed by atoms with Crippen LogP contribution < -0.4 is 5.32 Å². The summed E-state index contributed by atoms with van der Waals surface area (Å²) in [7, 11) is 0. The van der Waals surface area contributed by atoms with E-state index in [9.17, 15) is 0 Å². The summed E-state index contributed by atoms with van der Waals surface area (Å²) in [6.07, 6.45) is 14.2. The standard InChI is InChI=1S/C19H38N2/c1-4-5-6-7-10-13-21-15-18(14-17(2)3)20-16-19(21)11-8-9-12-19/h17-18,20H,4-16H2,1-3H3. The van der Waals surface area contributed by atoms with Crippen LogP contribution in [-0.4, -0.2) is 36.1 Å². The van der Waals surface area contributed by atoms with Gasteiger partial charge in [-0.1, -0.05) is 59.3 Å². The van der Waals surface area contributed by atoms with Gasteiger partial charge in [-0.15, -0.1) is 0 Å². The van der Waals surface area contributed by atoms with E-state index in [-0.39, 0.29) is 0 Å². The Balaban J connectivity index is 1.84. The summed E-state index contributed by atoms with van der Waals surface area (Å²) >= 11 is 0. The Morgan fingerprint density at radius 3 is 2.48 bits per heavy atom.